The summed E-state index contributed by atoms with van der Waals surface area (Å²) in [5, 5.41) is 3.75. The molecule has 2 aromatic carbocycles. The summed E-state index contributed by atoms with van der Waals surface area (Å²) in [6.45, 7) is 0. The number of nitrogens with one attached hydrogen (secondary N) is 1. The number of ether oxygens (including phenoxy) is 2. The van der Waals surface area contributed by atoms with Gasteiger partial charge in [0.05, 0.1) is 0 Å². The number of carbonyl (C=O) groups is 1. The summed E-state index contributed by atoms with van der Waals surface area (Å²) in [5.74, 6) is 0.634. The van der Waals surface area contributed by atoms with E-state index in [2.05, 4.69) is 5.32 Å². The van der Waals surface area contributed by atoms with Gasteiger partial charge in [-0.3, -0.25) is 4.79 Å². The van der Waals surface area contributed by atoms with Crippen LogP contribution in [0.1, 0.15) is 37.4 Å². The Kier molecular flexibility index (Phi) is 4.40. The lowest BCUT2D eigenvalue weighted by Gasteiger charge is -2.40. The minimum absolute atomic E-state index is 0.0993. The van der Waals surface area contributed by atoms with Crippen LogP contribution in [0.2, 0.25) is 5.02 Å². The van der Waals surface area contributed by atoms with Crippen molar-refractivity contribution >= 4 is 17.5 Å². The lowest BCUT2D eigenvalue weighted by atomic mass is 9.89. The van der Waals surface area contributed by atoms with Crippen molar-refractivity contribution in [3.63, 3.8) is 0 Å². The Labute approximate surface area is 152 Å². The Bertz CT molecular complexity index is 749. The molecule has 2 aromatic rings. The summed E-state index contributed by atoms with van der Waals surface area (Å²) >= 11 is 5.94. The van der Waals surface area contributed by atoms with Gasteiger partial charge in [0, 0.05) is 5.02 Å². The first kappa shape index (κ1) is 16.4. The fourth-order valence-corrected chi connectivity index (χ4v) is 3.76. The zero-order chi connectivity index (χ0) is 17.3. The number of amides is 1. The lowest BCUT2D eigenvalue weighted by Crippen LogP contribution is -2.56. The van der Waals surface area contributed by atoms with E-state index in [9.17, 15) is 4.79 Å². The molecule has 4 nitrogen and oxygen atoms in total. The van der Waals surface area contributed by atoms with Crippen LogP contribution < -0.4 is 10.1 Å². The summed E-state index contributed by atoms with van der Waals surface area (Å²) in [6, 6.07) is 16.9. The molecule has 1 heterocycles. The van der Waals surface area contributed by atoms with E-state index in [1.807, 2.05) is 42.5 Å². The van der Waals surface area contributed by atoms with Gasteiger partial charge in [-0.2, -0.15) is 0 Å². The second kappa shape index (κ2) is 6.70. The summed E-state index contributed by atoms with van der Waals surface area (Å²) < 4.78 is 12.5. The van der Waals surface area contributed by atoms with Gasteiger partial charge in [0.25, 0.3) is 5.91 Å². The molecule has 2 fully saturated rings. The highest BCUT2D eigenvalue weighted by Gasteiger charge is 2.53. The van der Waals surface area contributed by atoms with E-state index in [1.54, 1.807) is 12.1 Å². The fourth-order valence-electron chi connectivity index (χ4n) is 3.64. The van der Waals surface area contributed by atoms with Gasteiger partial charge in [0.2, 0.25) is 0 Å². The number of benzene rings is 2. The van der Waals surface area contributed by atoms with Crippen molar-refractivity contribution in [3.05, 3.63) is 65.2 Å². The highest BCUT2D eigenvalue weighted by atomic mass is 35.5. The topological polar surface area (TPSA) is 47.6 Å². The summed E-state index contributed by atoms with van der Waals surface area (Å²) in [5.41, 5.74) is 0.0999. The van der Waals surface area contributed by atoms with Crippen molar-refractivity contribution in [2.75, 3.05) is 0 Å². The zero-order valence-electron chi connectivity index (χ0n) is 13.8. The highest BCUT2D eigenvalue weighted by molar-refractivity contribution is 6.30. The van der Waals surface area contributed by atoms with E-state index in [-0.39, 0.29) is 12.0 Å². The Morgan fingerprint density at radius 1 is 1.08 bits per heavy atom. The molecule has 0 aromatic heterocycles. The van der Waals surface area contributed by atoms with Crippen LogP contribution in [0.25, 0.3) is 0 Å². The first-order valence-electron chi connectivity index (χ1n) is 8.63. The Morgan fingerprint density at radius 2 is 1.84 bits per heavy atom. The summed E-state index contributed by atoms with van der Waals surface area (Å²) in [4.78, 5) is 12.6. The third kappa shape index (κ3) is 3.24. The maximum Gasteiger partial charge on any atom is 0.256 e. The molecule has 1 N–H and O–H groups in total. The van der Waals surface area contributed by atoms with Gasteiger partial charge >= 0.3 is 0 Å². The molecule has 1 amide bonds. The van der Waals surface area contributed by atoms with Crippen LogP contribution in [0, 0.1) is 0 Å². The molecule has 3 unspecified atom stereocenters. The van der Waals surface area contributed by atoms with E-state index in [4.69, 9.17) is 21.1 Å². The molecule has 2 aliphatic rings. The van der Waals surface area contributed by atoms with Crippen LogP contribution in [0.4, 0.5) is 0 Å². The SMILES string of the molecule is O=C1NC2(CCCCC2Oc2ccc(Cl)cc2)OC1c1ccccc1. The highest BCUT2D eigenvalue weighted by Crippen LogP contribution is 2.41. The minimum Gasteiger partial charge on any atom is -0.485 e. The molecule has 4 rings (SSSR count). The second-order valence-corrected chi connectivity index (χ2v) is 7.03. The number of hydrogen-bond acceptors (Lipinski definition) is 3. The Hall–Kier alpha value is -2.04. The number of rotatable bonds is 3. The van der Waals surface area contributed by atoms with Gasteiger partial charge in [0.15, 0.2) is 11.8 Å². The molecular weight excluding hydrogens is 338 g/mol. The molecule has 25 heavy (non-hydrogen) atoms. The van der Waals surface area contributed by atoms with Crippen LogP contribution in [0.15, 0.2) is 54.6 Å². The van der Waals surface area contributed by atoms with E-state index in [0.29, 0.717) is 5.02 Å². The van der Waals surface area contributed by atoms with E-state index in [1.165, 1.54) is 0 Å². The second-order valence-electron chi connectivity index (χ2n) is 6.59. The van der Waals surface area contributed by atoms with Gasteiger partial charge < -0.3 is 14.8 Å². The third-order valence-electron chi connectivity index (χ3n) is 4.88. The van der Waals surface area contributed by atoms with Crippen molar-refractivity contribution in [2.24, 2.45) is 0 Å². The maximum absolute atomic E-state index is 12.6. The van der Waals surface area contributed by atoms with Gasteiger partial charge in [-0.1, -0.05) is 41.9 Å². The molecular formula is C20H20ClNO3. The van der Waals surface area contributed by atoms with Crippen molar-refractivity contribution in [2.45, 2.75) is 43.6 Å². The first-order chi connectivity index (χ1) is 12.2. The normalized spacial score (nSPS) is 28.8. The molecule has 5 heteroatoms. The molecule has 1 spiro atoms. The first-order valence-corrected chi connectivity index (χ1v) is 9.01. The van der Waals surface area contributed by atoms with Crippen molar-refractivity contribution in [1.82, 2.24) is 5.32 Å². The van der Waals surface area contributed by atoms with Crippen LogP contribution in [0.5, 0.6) is 5.75 Å². The molecule has 1 saturated carbocycles. The fraction of sp³-hybridized carbons (Fsp3) is 0.350. The summed E-state index contributed by atoms with van der Waals surface area (Å²) in [7, 11) is 0. The van der Waals surface area contributed by atoms with Gasteiger partial charge in [-0.05, 0) is 55.5 Å². The molecule has 1 aliphatic carbocycles. The smallest absolute Gasteiger partial charge is 0.256 e. The van der Waals surface area contributed by atoms with Crippen LogP contribution >= 0.6 is 11.6 Å². The van der Waals surface area contributed by atoms with Crippen molar-refractivity contribution in [1.29, 1.82) is 0 Å². The lowest BCUT2D eigenvalue weighted by molar-refractivity contribution is -0.139. The van der Waals surface area contributed by atoms with E-state index < -0.39 is 11.8 Å². The minimum atomic E-state index is -0.768. The summed E-state index contributed by atoms with van der Waals surface area (Å²) in [6.07, 6.45) is 2.83. The molecule has 3 atom stereocenters. The molecule has 130 valence electrons. The number of carbonyl (C=O) groups excluding carboxylic acids is 1. The molecule has 0 bridgehead atoms. The largest absolute Gasteiger partial charge is 0.485 e. The van der Waals surface area contributed by atoms with Crippen LogP contribution in [-0.2, 0) is 9.53 Å². The Balaban J connectivity index is 1.58. The van der Waals surface area contributed by atoms with Gasteiger partial charge in [-0.15, -0.1) is 0 Å². The van der Waals surface area contributed by atoms with Gasteiger partial charge in [-0.25, -0.2) is 0 Å². The van der Waals surface area contributed by atoms with E-state index >= 15 is 0 Å². The maximum atomic E-state index is 12.6. The standard InChI is InChI=1S/C20H20ClNO3/c21-15-9-11-16(12-10-15)24-17-8-4-5-13-20(17)22-19(23)18(25-20)14-6-2-1-3-7-14/h1-3,6-7,9-12,17-18H,4-5,8,13H2,(H,22,23). The zero-order valence-corrected chi connectivity index (χ0v) is 14.5. The molecule has 0 radical (unpaired) electrons. The monoisotopic (exact) mass is 357 g/mol. The third-order valence-corrected chi connectivity index (χ3v) is 5.13. The van der Waals surface area contributed by atoms with Crippen molar-refractivity contribution < 1.29 is 14.3 Å². The van der Waals surface area contributed by atoms with E-state index in [0.717, 1.165) is 37.0 Å². The predicted molar refractivity (Wildman–Crippen MR) is 95.5 cm³/mol. The predicted octanol–water partition coefficient (Wildman–Crippen LogP) is 4.25. The van der Waals surface area contributed by atoms with Crippen LogP contribution in [-0.4, -0.2) is 17.7 Å². The van der Waals surface area contributed by atoms with Crippen LogP contribution in [0.3, 0.4) is 0 Å². The molecule has 1 saturated heterocycles. The Morgan fingerprint density at radius 3 is 2.60 bits per heavy atom. The average molecular weight is 358 g/mol. The quantitative estimate of drug-likeness (QED) is 0.893. The molecule has 1 aliphatic heterocycles. The number of halogens is 1. The number of hydrogen-bond donors (Lipinski definition) is 1. The van der Waals surface area contributed by atoms with Crippen molar-refractivity contribution in [3.8, 4) is 5.75 Å². The van der Waals surface area contributed by atoms with Gasteiger partial charge in [0.1, 0.15) is 11.9 Å². The average Bonchev–Trinajstić information content (AvgIpc) is 2.97.